The Hall–Kier alpha value is -3.66. The maximum absolute atomic E-state index is 12.3. The molecule has 0 spiro atoms. The number of benzene rings is 1. The summed E-state index contributed by atoms with van der Waals surface area (Å²) >= 11 is 5.98. The number of aromatic nitrogens is 5. The van der Waals surface area contributed by atoms with Crippen molar-refractivity contribution < 1.29 is 14.1 Å². The van der Waals surface area contributed by atoms with E-state index < -0.39 is 6.03 Å². The highest BCUT2D eigenvalue weighted by molar-refractivity contribution is 6.31. The van der Waals surface area contributed by atoms with E-state index in [4.69, 9.17) is 20.9 Å². The number of hydrogen-bond donors (Lipinski definition) is 2. The van der Waals surface area contributed by atoms with Crippen molar-refractivity contribution in [3.8, 4) is 17.2 Å². The van der Waals surface area contributed by atoms with E-state index in [0.29, 0.717) is 39.6 Å². The third-order valence-corrected chi connectivity index (χ3v) is 4.31. The van der Waals surface area contributed by atoms with Crippen molar-refractivity contribution in [3.63, 3.8) is 0 Å². The number of rotatable bonds is 5. The predicted octanol–water partition coefficient (Wildman–Crippen LogP) is 3.07. The molecule has 10 nitrogen and oxygen atoms in total. The molecule has 0 aliphatic heterocycles. The minimum Gasteiger partial charge on any atom is -0.495 e. The molecule has 3 aromatic heterocycles. The van der Waals surface area contributed by atoms with Gasteiger partial charge in [-0.2, -0.15) is 4.98 Å². The van der Waals surface area contributed by atoms with Crippen LogP contribution in [0, 0.1) is 6.92 Å². The Morgan fingerprint density at radius 1 is 1.28 bits per heavy atom. The van der Waals surface area contributed by atoms with Gasteiger partial charge in [-0.25, -0.2) is 4.79 Å². The van der Waals surface area contributed by atoms with E-state index in [9.17, 15) is 4.79 Å². The zero-order valence-electron chi connectivity index (χ0n) is 15.5. The molecule has 2 amide bonds. The number of anilines is 1. The first-order valence-corrected chi connectivity index (χ1v) is 8.94. The average molecular weight is 414 g/mol. The fourth-order valence-electron chi connectivity index (χ4n) is 2.71. The van der Waals surface area contributed by atoms with Gasteiger partial charge in [0.1, 0.15) is 5.75 Å². The van der Waals surface area contributed by atoms with Crippen LogP contribution in [-0.4, -0.2) is 37.9 Å². The number of pyridine rings is 1. The molecule has 4 aromatic rings. The summed E-state index contributed by atoms with van der Waals surface area (Å²) < 4.78 is 12.1. The number of nitrogens with zero attached hydrogens (tertiary/aromatic N) is 5. The minimum absolute atomic E-state index is 0.162. The van der Waals surface area contributed by atoms with Gasteiger partial charge in [-0.1, -0.05) is 16.8 Å². The molecule has 11 heteroatoms. The van der Waals surface area contributed by atoms with Crippen LogP contribution in [0.4, 0.5) is 10.5 Å². The highest BCUT2D eigenvalue weighted by atomic mass is 35.5. The normalized spacial score (nSPS) is 10.9. The Morgan fingerprint density at radius 3 is 2.90 bits per heavy atom. The van der Waals surface area contributed by atoms with Gasteiger partial charge in [-0.15, -0.1) is 10.2 Å². The predicted molar refractivity (Wildman–Crippen MR) is 105 cm³/mol. The van der Waals surface area contributed by atoms with Crippen LogP contribution >= 0.6 is 11.6 Å². The fraction of sp³-hybridized carbons (Fsp3) is 0.167. The molecule has 0 unspecified atom stereocenters. The van der Waals surface area contributed by atoms with Crippen LogP contribution in [0.1, 0.15) is 11.6 Å². The van der Waals surface area contributed by atoms with Crippen molar-refractivity contribution in [2.45, 2.75) is 13.5 Å². The molecule has 0 fully saturated rings. The molecular formula is C18H16ClN7O3. The van der Waals surface area contributed by atoms with Crippen LogP contribution < -0.4 is 15.4 Å². The number of methoxy groups -OCH3 is 1. The number of urea groups is 1. The number of carbonyl (C=O) groups is 1. The van der Waals surface area contributed by atoms with Crippen LogP contribution in [0.2, 0.25) is 5.02 Å². The van der Waals surface area contributed by atoms with Gasteiger partial charge in [0.15, 0.2) is 17.3 Å². The summed E-state index contributed by atoms with van der Waals surface area (Å²) in [6, 6.07) is 8.11. The van der Waals surface area contributed by atoms with Gasteiger partial charge >= 0.3 is 6.03 Å². The van der Waals surface area contributed by atoms with Crippen LogP contribution in [0.5, 0.6) is 5.75 Å². The van der Waals surface area contributed by atoms with Crippen molar-refractivity contribution >= 4 is 29.0 Å². The van der Waals surface area contributed by atoms with E-state index in [1.54, 1.807) is 41.8 Å². The van der Waals surface area contributed by atoms with Gasteiger partial charge in [0, 0.05) is 16.8 Å². The van der Waals surface area contributed by atoms with Crippen LogP contribution in [0.25, 0.3) is 17.1 Å². The first kappa shape index (κ1) is 18.7. The lowest BCUT2D eigenvalue weighted by atomic mass is 10.2. The summed E-state index contributed by atoms with van der Waals surface area (Å²) in [5.74, 6) is 2.01. The molecule has 0 saturated heterocycles. The van der Waals surface area contributed by atoms with Crippen molar-refractivity contribution in [2.75, 3.05) is 12.4 Å². The number of carbonyl (C=O) groups excluding carboxylic acids is 1. The molecule has 0 radical (unpaired) electrons. The Morgan fingerprint density at radius 2 is 2.14 bits per heavy atom. The number of ether oxygens (including phenoxy) is 1. The van der Waals surface area contributed by atoms with E-state index in [1.807, 2.05) is 6.07 Å². The van der Waals surface area contributed by atoms with E-state index in [-0.39, 0.29) is 6.54 Å². The first-order chi connectivity index (χ1) is 14.0. The monoisotopic (exact) mass is 413 g/mol. The Balaban J connectivity index is 1.46. The molecule has 4 rings (SSSR count). The average Bonchev–Trinajstić information content (AvgIpc) is 3.32. The summed E-state index contributed by atoms with van der Waals surface area (Å²) in [4.78, 5) is 16.5. The lowest BCUT2D eigenvalue weighted by molar-refractivity contribution is 0.251. The van der Waals surface area contributed by atoms with Crippen molar-refractivity contribution in [1.82, 2.24) is 30.1 Å². The SMILES string of the molecule is COc1ccc(Cl)cc1NC(=O)NCc1nnc2cc(-c3nc(C)no3)ccn12. The maximum atomic E-state index is 12.3. The largest absolute Gasteiger partial charge is 0.495 e. The van der Waals surface area contributed by atoms with Crippen LogP contribution in [0.15, 0.2) is 41.1 Å². The van der Waals surface area contributed by atoms with Crippen molar-refractivity contribution in [3.05, 3.63) is 53.2 Å². The fourth-order valence-corrected chi connectivity index (χ4v) is 2.88. The summed E-state index contributed by atoms with van der Waals surface area (Å²) in [7, 11) is 1.51. The van der Waals surface area contributed by atoms with Gasteiger partial charge in [-0.05, 0) is 37.3 Å². The molecule has 29 heavy (non-hydrogen) atoms. The third kappa shape index (κ3) is 3.97. The zero-order chi connectivity index (χ0) is 20.4. The highest BCUT2D eigenvalue weighted by Crippen LogP contribution is 2.27. The van der Waals surface area contributed by atoms with Crippen molar-refractivity contribution in [2.24, 2.45) is 0 Å². The number of halogens is 1. The maximum Gasteiger partial charge on any atom is 0.319 e. The molecule has 1 aromatic carbocycles. The standard InChI is InChI=1S/C18H16ClN7O3/c1-10-21-17(29-25-10)11-5-6-26-15(7-11)23-24-16(26)9-20-18(27)22-13-8-12(19)3-4-14(13)28-2/h3-8H,9H2,1-2H3,(H2,20,22,27). The summed E-state index contributed by atoms with van der Waals surface area (Å²) in [5.41, 5.74) is 1.78. The lowest BCUT2D eigenvalue weighted by Gasteiger charge is -2.11. The van der Waals surface area contributed by atoms with Gasteiger partial charge in [0.25, 0.3) is 5.89 Å². The third-order valence-electron chi connectivity index (χ3n) is 4.07. The highest BCUT2D eigenvalue weighted by Gasteiger charge is 2.13. The summed E-state index contributed by atoms with van der Waals surface area (Å²) in [5, 5.41) is 17.9. The van der Waals surface area contributed by atoms with E-state index in [1.165, 1.54) is 7.11 Å². The van der Waals surface area contributed by atoms with E-state index >= 15 is 0 Å². The molecular weight excluding hydrogens is 398 g/mol. The summed E-state index contributed by atoms with van der Waals surface area (Å²) in [6.45, 7) is 1.91. The molecule has 0 atom stereocenters. The van der Waals surface area contributed by atoms with Crippen molar-refractivity contribution in [1.29, 1.82) is 0 Å². The number of aryl methyl sites for hydroxylation is 1. The minimum atomic E-state index is -0.430. The molecule has 0 saturated carbocycles. The first-order valence-electron chi connectivity index (χ1n) is 8.56. The number of fused-ring (bicyclic) bond motifs is 1. The second kappa shape index (κ2) is 7.76. The molecule has 2 N–H and O–H groups in total. The quantitative estimate of drug-likeness (QED) is 0.515. The topological polar surface area (TPSA) is 119 Å². The Labute approximate surface area is 169 Å². The lowest BCUT2D eigenvalue weighted by Crippen LogP contribution is -2.29. The van der Waals surface area contributed by atoms with Crippen LogP contribution in [0.3, 0.4) is 0 Å². The molecule has 0 bridgehead atoms. The number of amides is 2. The smallest absolute Gasteiger partial charge is 0.319 e. The Bertz CT molecular complexity index is 1190. The molecule has 3 heterocycles. The van der Waals surface area contributed by atoms with E-state index in [0.717, 1.165) is 5.56 Å². The van der Waals surface area contributed by atoms with E-state index in [2.05, 4.69) is 31.0 Å². The van der Waals surface area contributed by atoms with Crippen LogP contribution in [-0.2, 0) is 6.54 Å². The second-order valence-corrected chi connectivity index (χ2v) is 6.50. The molecule has 0 aliphatic rings. The zero-order valence-corrected chi connectivity index (χ0v) is 16.3. The van der Waals surface area contributed by atoms with Gasteiger partial charge in [0.2, 0.25) is 0 Å². The number of nitrogens with one attached hydrogen (secondary N) is 2. The van der Waals surface area contributed by atoms with Gasteiger partial charge < -0.3 is 19.9 Å². The summed E-state index contributed by atoms with van der Waals surface area (Å²) in [6.07, 6.45) is 1.78. The second-order valence-electron chi connectivity index (χ2n) is 6.06. The molecule has 0 aliphatic carbocycles. The van der Waals surface area contributed by atoms with Gasteiger partial charge in [-0.3, -0.25) is 4.40 Å². The Kier molecular flexibility index (Phi) is 5.00. The number of hydrogen-bond acceptors (Lipinski definition) is 7. The molecule has 148 valence electrons. The van der Waals surface area contributed by atoms with Gasteiger partial charge in [0.05, 0.1) is 19.3 Å².